The van der Waals surface area contributed by atoms with Crippen molar-refractivity contribution in [2.45, 2.75) is 37.3 Å². The number of sulfonamides is 1. The number of fused-ring (bicyclic) bond motifs is 2. The number of nitrogens with zero attached hydrogens (tertiary/aromatic N) is 2. The van der Waals surface area contributed by atoms with E-state index in [-0.39, 0.29) is 53.6 Å². The molecule has 0 bridgehead atoms. The summed E-state index contributed by atoms with van der Waals surface area (Å²) in [7, 11) is -4.21. The lowest BCUT2D eigenvalue weighted by atomic mass is 10.0. The molecule has 1 amide bonds. The molecule has 51 heavy (non-hydrogen) atoms. The van der Waals surface area contributed by atoms with Crippen molar-refractivity contribution in [2.75, 3.05) is 19.9 Å². The second-order valence-electron chi connectivity index (χ2n) is 11.8. The highest BCUT2D eigenvalue weighted by atomic mass is 32.2. The summed E-state index contributed by atoms with van der Waals surface area (Å²) in [6.07, 6.45) is -0.182. The summed E-state index contributed by atoms with van der Waals surface area (Å²) in [5.41, 5.74) is 0.436. The molecular formula is C33H29F4N3O10S. The standard InChI is InChI=1S/C33H29F4N3O10S/c1-17(2)13-40(51(43,44)20-7-8-24-25(12-20)48-16-47-24)14-23(41)22(38-33(42)50-26-15-46-32-21(26)9-10-45-32)11-18-3-5-19(6-4-18)49-31-29(36)27(34)28(35)30(37)39-31/h3-10,12,15,17,22-23,41H,11,13-14,16H2,1-2H3,(H,38,42)/t22-,23+/m0/s1. The van der Waals surface area contributed by atoms with Crippen LogP contribution in [0.2, 0.25) is 0 Å². The summed E-state index contributed by atoms with van der Waals surface area (Å²) in [6.45, 7) is 3.06. The maximum absolute atomic E-state index is 14.1. The zero-order valence-corrected chi connectivity index (χ0v) is 27.6. The van der Waals surface area contributed by atoms with Crippen molar-refractivity contribution in [3.8, 4) is 28.9 Å². The molecule has 1 aliphatic heterocycles. The summed E-state index contributed by atoms with van der Waals surface area (Å²) in [6, 6.07) is 9.87. The number of ether oxygens (including phenoxy) is 4. The fourth-order valence-electron chi connectivity index (χ4n) is 5.18. The van der Waals surface area contributed by atoms with Gasteiger partial charge in [0.25, 0.3) is 11.8 Å². The van der Waals surface area contributed by atoms with Crippen molar-refractivity contribution in [1.82, 2.24) is 14.6 Å². The predicted molar refractivity (Wildman–Crippen MR) is 168 cm³/mol. The topological polar surface area (TPSA) is 163 Å². The molecule has 5 aromatic rings. The smallest absolute Gasteiger partial charge is 0.413 e. The van der Waals surface area contributed by atoms with E-state index < -0.39 is 64.1 Å². The Kier molecular flexibility index (Phi) is 10.1. The number of halogens is 4. The van der Waals surface area contributed by atoms with Crippen LogP contribution in [0.4, 0.5) is 22.4 Å². The Morgan fingerprint density at radius 3 is 2.47 bits per heavy atom. The largest absolute Gasteiger partial charge is 0.454 e. The minimum Gasteiger partial charge on any atom is -0.454 e. The van der Waals surface area contributed by atoms with E-state index in [0.29, 0.717) is 16.7 Å². The number of benzene rings is 2. The lowest BCUT2D eigenvalue weighted by Crippen LogP contribution is -2.51. The highest BCUT2D eigenvalue weighted by molar-refractivity contribution is 7.89. The van der Waals surface area contributed by atoms with E-state index in [1.807, 2.05) is 0 Å². The van der Waals surface area contributed by atoms with Crippen LogP contribution in [0.1, 0.15) is 19.4 Å². The minimum absolute atomic E-state index is 0.000300. The Labute approximate surface area is 287 Å². The molecule has 0 spiro atoms. The van der Waals surface area contributed by atoms with Gasteiger partial charge in [-0.2, -0.15) is 22.5 Å². The van der Waals surface area contributed by atoms with Gasteiger partial charge in [0.05, 0.1) is 23.3 Å². The number of amides is 1. The van der Waals surface area contributed by atoms with E-state index >= 15 is 0 Å². The summed E-state index contributed by atoms with van der Waals surface area (Å²) >= 11 is 0. The Morgan fingerprint density at radius 1 is 0.980 bits per heavy atom. The van der Waals surface area contributed by atoms with Gasteiger partial charge in [-0.3, -0.25) is 0 Å². The third kappa shape index (κ3) is 7.72. The number of carbonyl (C=O) groups excluding carboxylic acids is 1. The van der Waals surface area contributed by atoms with Crippen LogP contribution in [0.3, 0.4) is 0 Å². The van der Waals surface area contributed by atoms with Gasteiger partial charge in [0, 0.05) is 19.2 Å². The molecule has 2 aromatic carbocycles. The van der Waals surface area contributed by atoms with Crippen molar-refractivity contribution in [3.63, 3.8) is 0 Å². The van der Waals surface area contributed by atoms with Gasteiger partial charge < -0.3 is 38.2 Å². The molecule has 0 saturated carbocycles. The van der Waals surface area contributed by atoms with Gasteiger partial charge in [0.2, 0.25) is 34.3 Å². The van der Waals surface area contributed by atoms with Gasteiger partial charge in [-0.1, -0.05) is 26.0 Å². The van der Waals surface area contributed by atoms with Crippen LogP contribution >= 0.6 is 0 Å². The van der Waals surface area contributed by atoms with E-state index in [0.717, 1.165) is 10.6 Å². The van der Waals surface area contributed by atoms with E-state index in [1.165, 1.54) is 54.8 Å². The second-order valence-corrected chi connectivity index (χ2v) is 13.7. The fourth-order valence-corrected chi connectivity index (χ4v) is 6.82. The highest BCUT2D eigenvalue weighted by Gasteiger charge is 2.33. The number of aliphatic hydroxyl groups excluding tert-OH is 1. The molecule has 0 radical (unpaired) electrons. The Hall–Kier alpha value is -5.33. The van der Waals surface area contributed by atoms with Crippen LogP contribution < -0.4 is 24.3 Å². The molecule has 4 heterocycles. The van der Waals surface area contributed by atoms with Crippen molar-refractivity contribution < 1.29 is 63.7 Å². The third-order valence-corrected chi connectivity index (χ3v) is 9.45. The normalized spacial score (nSPS) is 13.9. The number of hydrogen-bond acceptors (Lipinski definition) is 11. The van der Waals surface area contributed by atoms with Crippen LogP contribution in [-0.4, -0.2) is 60.9 Å². The first-order valence-electron chi connectivity index (χ1n) is 15.3. The highest BCUT2D eigenvalue weighted by Crippen LogP contribution is 2.35. The van der Waals surface area contributed by atoms with E-state index in [4.69, 9.17) is 27.8 Å². The number of aromatic nitrogens is 1. The molecule has 6 rings (SSSR count). The van der Waals surface area contributed by atoms with Crippen LogP contribution in [0.25, 0.3) is 11.2 Å². The van der Waals surface area contributed by atoms with Crippen molar-refractivity contribution in [2.24, 2.45) is 5.92 Å². The van der Waals surface area contributed by atoms with Crippen molar-refractivity contribution in [1.29, 1.82) is 0 Å². The summed E-state index contributed by atoms with van der Waals surface area (Å²) in [4.78, 5) is 16.0. The third-order valence-electron chi connectivity index (χ3n) is 7.63. The Morgan fingerprint density at radius 2 is 1.73 bits per heavy atom. The minimum atomic E-state index is -4.21. The van der Waals surface area contributed by atoms with E-state index in [1.54, 1.807) is 13.8 Å². The van der Waals surface area contributed by atoms with Crippen LogP contribution in [-0.2, 0) is 16.4 Å². The molecule has 18 heteroatoms. The summed E-state index contributed by atoms with van der Waals surface area (Å²) in [5, 5.41) is 14.5. The Bertz CT molecular complexity index is 2160. The SMILES string of the molecule is CC(C)CN(C[C@@H](O)[C@H](Cc1ccc(Oc2nc(F)c(F)c(F)c2F)cc1)NC(=O)Oc1coc2occc12)S(=O)(=O)c1ccc2c(c1)OCO2. The number of pyridine rings is 1. The number of hydrogen-bond donors (Lipinski definition) is 2. The van der Waals surface area contributed by atoms with Crippen LogP contribution in [0.5, 0.6) is 28.9 Å². The summed E-state index contributed by atoms with van der Waals surface area (Å²) < 4.78 is 115. The zero-order chi connectivity index (χ0) is 36.4. The zero-order valence-electron chi connectivity index (χ0n) is 26.8. The molecule has 2 atom stereocenters. The number of rotatable bonds is 13. The average molecular weight is 736 g/mol. The van der Waals surface area contributed by atoms with E-state index in [9.17, 15) is 35.9 Å². The molecule has 0 aliphatic carbocycles. The van der Waals surface area contributed by atoms with Gasteiger partial charge in [0.1, 0.15) is 17.4 Å². The number of nitrogens with one attached hydrogen (secondary N) is 1. The lowest BCUT2D eigenvalue weighted by molar-refractivity contribution is 0.0991. The summed E-state index contributed by atoms with van der Waals surface area (Å²) in [5.74, 6) is -8.62. The quantitative estimate of drug-likeness (QED) is 0.109. The number of carbonyl (C=O) groups is 1. The fraction of sp³-hybridized carbons (Fsp3) is 0.273. The second kappa shape index (κ2) is 14.5. The van der Waals surface area contributed by atoms with Crippen LogP contribution in [0.15, 0.2) is 74.8 Å². The first-order chi connectivity index (χ1) is 24.3. The maximum Gasteiger partial charge on any atom is 0.413 e. The first kappa shape index (κ1) is 35.5. The molecule has 13 nitrogen and oxygen atoms in total. The number of aliphatic hydroxyl groups is 1. The molecule has 0 saturated heterocycles. The maximum atomic E-state index is 14.1. The molecular weight excluding hydrogens is 706 g/mol. The predicted octanol–water partition coefficient (Wildman–Crippen LogP) is 5.91. The monoisotopic (exact) mass is 735 g/mol. The first-order valence-corrected chi connectivity index (χ1v) is 16.7. The molecule has 0 fully saturated rings. The Balaban J connectivity index is 1.24. The van der Waals surface area contributed by atoms with Crippen LogP contribution in [0, 0.1) is 29.3 Å². The van der Waals surface area contributed by atoms with Gasteiger partial charge in [0.15, 0.2) is 17.2 Å². The van der Waals surface area contributed by atoms with Gasteiger partial charge in [-0.15, -0.1) is 0 Å². The molecule has 0 unspecified atom stereocenters. The van der Waals surface area contributed by atoms with Crippen molar-refractivity contribution >= 4 is 27.3 Å². The van der Waals surface area contributed by atoms with Crippen molar-refractivity contribution in [3.05, 3.63) is 90.0 Å². The molecule has 3 aromatic heterocycles. The molecule has 1 aliphatic rings. The number of furan rings is 2. The average Bonchev–Trinajstić information content (AvgIpc) is 3.85. The van der Waals surface area contributed by atoms with Gasteiger partial charge in [-0.05, 0) is 48.2 Å². The molecule has 270 valence electrons. The lowest BCUT2D eigenvalue weighted by Gasteiger charge is -2.30. The molecule has 2 N–H and O–H groups in total. The van der Waals surface area contributed by atoms with Gasteiger partial charge >= 0.3 is 11.9 Å². The van der Waals surface area contributed by atoms with Gasteiger partial charge in [-0.25, -0.2) is 17.6 Å². The van der Waals surface area contributed by atoms with E-state index in [2.05, 4.69) is 10.3 Å².